The number of carboxylic acid groups (broad SMARTS) is 2. The fraction of sp³-hybridized carbons (Fsp3) is 0.600. The van der Waals surface area contributed by atoms with Crippen LogP contribution in [0.3, 0.4) is 0 Å². The van der Waals surface area contributed by atoms with Gasteiger partial charge in [0.2, 0.25) is 0 Å². The number of aliphatic hydroxyl groups is 2. The van der Waals surface area contributed by atoms with Crippen molar-refractivity contribution in [1.29, 1.82) is 0 Å². The maximum Gasteiger partial charge on any atom is 2.00 e. The van der Waals surface area contributed by atoms with Crippen molar-refractivity contribution in [2.75, 3.05) is 0 Å². The van der Waals surface area contributed by atoms with Gasteiger partial charge in [0.25, 0.3) is 11.5 Å². The third-order valence-electron chi connectivity index (χ3n) is 2.40. The largest absolute Gasteiger partial charge is 2.00 e. The van der Waals surface area contributed by atoms with E-state index in [1.807, 2.05) is 0 Å². The second-order valence-corrected chi connectivity index (χ2v) is 3.80. The third kappa shape index (κ3) is 7.81. The van der Waals surface area contributed by atoms with Crippen LogP contribution in [0.2, 0.25) is 0 Å². The molecule has 2 atom stereocenters. The molecule has 0 radical (unpaired) electrons. The average molecular weight is 455 g/mol. The standard InChI is InChI=1S/C6H12N2.C4H4O6.Pt/c7-5-3-1-2-4-6(5)8;5-1(3(7)8)2(6)4(9)10;/h5-8H,1-4H2;5-6H,(H,7,8)(H,9,10);/q-2;;+2/b;2-1-;. The number of aliphatic hydroxyl groups excluding tert-OH is 2. The zero-order chi connectivity index (χ0) is 14.3. The Morgan fingerprint density at radius 2 is 1.05 bits per heavy atom. The summed E-state index contributed by atoms with van der Waals surface area (Å²) in [5.74, 6) is -6.93. The normalized spacial score (nSPS) is 23.1. The van der Waals surface area contributed by atoms with Gasteiger partial charge in [-0.2, -0.15) is 12.1 Å². The first-order valence-electron chi connectivity index (χ1n) is 5.28. The van der Waals surface area contributed by atoms with E-state index in [9.17, 15) is 9.59 Å². The van der Waals surface area contributed by atoms with E-state index in [0.717, 1.165) is 12.8 Å². The van der Waals surface area contributed by atoms with Gasteiger partial charge >= 0.3 is 33.0 Å². The maximum atomic E-state index is 9.71. The Morgan fingerprint density at radius 3 is 1.21 bits per heavy atom. The molecular formula is C10H16N2O6Pt. The van der Waals surface area contributed by atoms with Gasteiger partial charge in [0, 0.05) is 0 Å². The van der Waals surface area contributed by atoms with E-state index in [-0.39, 0.29) is 33.1 Å². The second kappa shape index (κ2) is 9.77. The van der Waals surface area contributed by atoms with Crippen LogP contribution in [0.4, 0.5) is 0 Å². The van der Waals surface area contributed by atoms with Crippen LogP contribution in [0, 0.1) is 0 Å². The number of hydrogen-bond acceptors (Lipinski definition) is 4. The minimum atomic E-state index is -1.89. The summed E-state index contributed by atoms with van der Waals surface area (Å²) in [5, 5.41) is 32.2. The van der Waals surface area contributed by atoms with E-state index in [1.165, 1.54) is 12.8 Å². The molecule has 0 heterocycles. The summed E-state index contributed by atoms with van der Waals surface area (Å²) in [7, 11) is 0. The SMILES string of the molecule is O=C(O)/C(O)=C(/O)C(=O)O.[NH-]C1CCCCC1[NH-].[Pt+2]. The maximum absolute atomic E-state index is 9.71. The Labute approximate surface area is 124 Å². The predicted molar refractivity (Wildman–Crippen MR) is 62.2 cm³/mol. The summed E-state index contributed by atoms with van der Waals surface area (Å²) in [4.78, 5) is 19.4. The van der Waals surface area contributed by atoms with E-state index in [0.29, 0.717) is 0 Å². The van der Waals surface area contributed by atoms with E-state index in [4.69, 9.17) is 31.9 Å². The molecule has 112 valence electrons. The van der Waals surface area contributed by atoms with E-state index >= 15 is 0 Å². The summed E-state index contributed by atoms with van der Waals surface area (Å²) < 4.78 is 0. The fourth-order valence-corrected chi connectivity index (χ4v) is 1.33. The number of rotatable bonds is 2. The zero-order valence-corrected chi connectivity index (χ0v) is 12.2. The second-order valence-electron chi connectivity index (χ2n) is 3.80. The van der Waals surface area contributed by atoms with Crippen molar-refractivity contribution in [2.24, 2.45) is 0 Å². The number of nitrogens with one attached hydrogen (secondary N) is 2. The minimum absolute atomic E-state index is 0. The zero-order valence-electron chi connectivity index (χ0n) is 9.90. The molecule has 0 aliphatic heterocycles. The van der Waals surface area contributed by atoms with Gasteiger partial charge in [-0.3, -0.25) is 0 Å². The van der Waals surface area contributed by atoms with Gasteiger partial charge in [-0.05, 0) is 0 Å². The van der Waals surface area contributed by atoms with Crippen LogP contribution in [0.1, 0.15) is 25.7 Å². The Hall–Kier alpha value is -1.11. The molecule has 1 aliphatic rings. The molecule has 9 heteroatoms. The van der Waals surface area contributed by atoms with Crippen molar-refractivity contribution >= 4 is 11.9 Å². The molecule has 8 nitrogen and oxygen atoms in total. The quantitative estimate of drug-likeness (QED) is 0.367. The molecule has 6 N–H and O–H groups in total. The summed E-state index contributed by atoms with van der Waals surface area (Å²) in [6.45, 7) is 0. The first-order valence-corrected chi connectivity index (χ1v) is 5.28. The van der Waals surface area contributed by atoms with Crippen molar-refractivity contribution in [3.8, 4) is 0 Å². The van der Waals surface area contributed by atoms with Crippen molar-refractivity contribution in [3.05, 3.63) is 23.0 Å². The Morgan fingerprint density at radius 1 is 0.789 bits per heavy atom. The molecule has 2 unspecified atom stereocenters. The molecule has 0 aromatic rings. The minimum Gasteiger partial charge on any atom is -0.676 e. The Kier molecular flexibility index (Phi) is 10.4. The predicted octanol–water partition coefficient (Wildman–Crippen LogP) is 1.88. The summed E-state index contributed by atoms with van der Waals surface area (Å²) >= 11 is 0. The van der Waals surface area contributed by atoms with Crippen molar-refractivity contribution in [3.63, 3.8) is 0 Å². The monoisotopic (exact) mass is 455 g/mol. The van der Waals surface area contributed by atoms with Gasteiger partial charge in [-0.15, -0.1) is 0 Å². The van der Waals surface area contributed by atoms with Crippen LogP contribution in [0.15, 0.2) is 11.5 Å². The van der Waals surface area contributed by atoms with Crippen LogP contribution in [-0.2, 0) is 30.7 Å². The van der Waals surface area contributed by atoms with E-state index < -0.39 is 23.5 Å². The third-order valence-corrected chi connectivity index (χ3v) is 2.40. The van der Waals surface area contributed by atoms with Crippen LogP contribution in [-0.4, -0.2) is 44.4 Å². The van der Waals surface area contributed by atoms with Crippen molar-refractivity contribution in [1.82, 2.24) is 0 Å². The molecule has 0 spiro atoms. The average Bonchev–Trinajstić information content (AvgIpc) is 2.31. The van der Waals surface area contributed by atoms with Gasteiger partial charge in [0.05, 0.1) is 0 Å². The molecule has 0 aromatic carbocycles. The number of aliphatic carboxylic acids is 2. The molecule has 0 bridgehead atoms. The first-order chi connectivity index (χ1) is 8.27. The van der Waals surface area contributed by atoms with Gasteiger partial charge in [0.1, 0.15) is 0 Å². The van der Waals surface area contributed by atoms with Crippen LogP contribution < -0.4 is 0 Å². The van der Waals surface area contributed by atoms with Gasteiger partial charge in [-0.25, -0.2) is 9.59 Å². The molecule has 1 aliphatic carbocycles. The topological polar surface area (TPSA) is 163 Å². The van der Waals surface area contributed by atoms with Gasteiger partial charge < -0.3 is 31.9 Å². The summed E-state index contributed by atoms with van der Waals surface area (Å²) in [5.41, 5.74) is 14.6. The number of hydrogen-bond donors (Lipinski definition) is 4. The Bertz CT molecular complexity index is 315. The first kappa shape index (κ1) is 20.2. The number of carboxylic acids is 2. The van der Waals surface area contributed by atoms with Crippen molar-refractivity contribution in [2.45, 2.75) is 37.8 Å². The van der Waals surface area contributed by atoms with Gasteiger partial charge in [0.15, 0.2) is 0 Å². The number of carbonyl (C=O) groups is 2. The molecule has 1 saturated carbocycles. The van der Waals surface area contributed by atoms with Crippen LogP contribution >= 0.6 is 0 Å². The smallest absolute Gasteiger partial charge is 0.676 e. The summed E-state index contributed by atoms with van der Waals surface area (Å²) in [6, 6.07) is -0.160. The molecule has 1 fully saturated rings. The summed E-state index contributed by atoms with van der Waals surface area (Å²) in [6.07, 6.45) is 4.25. The van der Waals surface area contributed by atoms with Crippen LogP contribution in [0.25, 0.3) is 11.5 Å². The molecule has 1 rings (SSSR count). The van der Waals surface area contributed by atoms with Crippen molar-refractivity contribution < 1.29 is 51.1 Å². The molecule has 19 heavy (non-hydrogen) atoms. The van der Waals surface area contributed by atoms with Crippen LogP contribution in [0.5, 0.6) is 0 Å². The molecule has 0 aromatic heterocycles. The van der Waals surface area contributed by atoms with E-state index in [1.54, 1.807) is 0 Å². The van der Waals surface area contributed by atoms with E-state index in [2.05, 4.69) is 0 Å². The Balaban J connectivity index is 0. The molecule has 0 amide bonds. The fourth-order valence-electron chi connectivity index (χ4n) is 1.33. The van der Waals surface area contributed by atoms with Gasteiger partial charge in [-0.1, -0.05) is 25.7 Å². The molecule has 0 saturated heterocycles. The molecular weight excluding hydrogens is 439 g/mol.